The highest BCUT2D eigenvalue weighted by Crippen LogP contribution is 1.95. The maximum absolute atomic E-state index is 11.0. The van der Waals surface area contributed by atoms with E-state index in [-0.39, 0.29) is 18.2 Å². The van der Waals surface area contributed by atoms with Crippen molar-refractivity contribution < 1.29 is 9.53 Å². The molecule has 0 spiro atoms. The Bertz CT molecular complexity index is 134. The van der Waals surface area contributed by atoms with Gasteiger partial charge in [-0.05, 0) is 27.2 Å². The van der Waals surface area contributed by atoms with E-state index in [2.05, 4.69) is 5.32 Å². The van der Waals surface area contributed by atoms with Gasteiger partial charge in [0.15, 0.2) is 0 Å². The summed E-state index contributed by atoms with van der Waals surface area (Å²) in [5.74, 6) is 0.0608. The summed E-state index contributed by atoms with van der Waals surface area (Å²) in [5.41, 5.74) is 0. The molecule has 0 aromatic carbocycles. The largest absolute Gasteiger partial charge is 0.356 e. The zero-order valence-corrected chi connectivity index (χ0v) is 8.39. The Labute approximate surface area is 74.5 Å². The van der Waals surface area contributed by atoms with Gasteiger partial charge in [-0.25, -0.2) is 0 Å². The van der Waals surface area contributed by atoms with Gasteiger partial charge in [-0.2, -0.15) is 0 Å². The molecule has 0 radical (unpaired) electrons. The highest BCUT2D eigenvalue weighted by Gasteiger charge is 2.07. The second-order valence-corrected chi connectivity index (χ2v) is 3.14. The predicted molar refractivity (Wildman–Crippen MR) is 48.7 cm³/mol. The maximum atomic E-state index is 11.0. The van der Waals surface area contributed by atoms with Crippen molar-refractivity contribution in [2.45, 2.75) is 52.9 Å². The highest BCUT2D eigenvalue weighted by molar-refractivity contribution is 5.75. The monoisotopic (exact) mass is 173 g/mol. The van der Waals surface area contributed by atoms with Crippen LogP contribution in [0.4, 0.5) is 0 Å². The summed E-state index contributed by atoms with van der Waals surface area (Å²) in [6, 6.07) is 0. The average molecular weight is 173 g/mol. The van der Waals surface area contributed by atoms with Gasteiger partial charge in [0.05, 0.1) is 6.10 Å². The van der Waals surface area contributed by atoms with Crippen LogP contribution in [0.2, 0.25) is 0 Å². The number of nitrogens with one attached hydrogen (secondary N) is 1. The van der Waals surface area contributed by atoms with Crippen LogP contribution in [-0.4, -0.2) is 18.2 Å². The van der Waals surface area contributed by atoms with Gasteiger partial charge in [-0.1, -0.05) is 6.92 Å². The third-order valence-electron chi connectivity index (χ3n) is 1.32. The minimum Gasteiger partial charge on any atom is -0.356 e. The van der Waals surface area contributed by atoms with E-state index in [1.54, 1.807) is 0 Å². The number of rotatable bonds is 5. The van der Waals surface area contributed by atoms with Gasteiger partial charge in [0.1, 0.15) is 6.23 Å². The average Bonchev–Trinajstić information content (AvgIpc) is 1.84. The number of carbonyl (C=O) groups excluding carboxylic acids is 1. The lowest BCUT2D eigenvalue weighted by atomic mass is 10.3. The van der Waals surface area contributed by atoms with E-state index in [4.69, 9.17) is 4.74 Å². The molecule has 12 heavy (non-hydrogen) atoms. The van der Waals surface area contributed by atoms with Crippen LogP contribution in [0.25, 0.3) is 0 Å². The van der Waals surface area contributed by atoms with Gasteiger partial charge in [0, 0.05) is 6.42 Å². The molecule has 3 heteroatoms. The SMILES string of the molecule is CCCC(=O)NC(C)OC(C)C. The minimum atomic E-state index is -0.177. The van der Waals surface area contributed by atoms with Gasteiger partial charge in [0.2, 0.25) is 5.91 Å². The fraction of sp³-hybridized carbons (Fsp3) is 0.889. The van der Waals surface area contributed by atoms with Gasteiger partial charge in [-0.15, -0.1) is 0 Å². The lowest BCUT2D eigenvalue weighted by Gasteiger charge is -2.17. The molecule has 1 unspecified atom stereocenters. The highest BCUT2D eigenvalue weighted by atomic mass is 16.5. The maximum Gasteiger partial charge on any atom is 0.221 e. The second-order valence-electron chi connectivity index (χ2n) is 3.14. The number of hydrogen-bond donors (Lipinski definition) is 1. The van der Waals surface area contributed by atoms with Crippen LogP contribution in [0.3, 0.4) is 0 Å². The van der Waals surface area contributed by atoms with Crippen LogP contribution in [0, 0.1) is 0 Å². The van der Waals surface area contributed by atoms with Crippen molar-refractivity contribution >= 4 is 5.91 Å². The van der Waals surface area contributed by atoms with Gasteiger partial charge in [-0.3, -0.25) is 4.79 Å². The van der Waals surface area contributed by atoms with Crippen LogP contribution in [0.5, 0.6) is 0 Å². The van der Waals surface area contributed by atoms with E-state index in [0.29, 0.717) is 6.42 Å². The summed E-state index contributed by atoms with van der Waals surface area (Å²) >= 11 is 0. The standard InChI is InChI=1S/C9H19NO2/c1-5-6-9(11)10-8(4)12-7(2)3/h7-8H,5-6H2,1-4H3,(H,10,11). The number of carbonyl (C=O) groups is 1. The van der Waals surface area contributed by atoms with Crippen molar-refractivity contribution in [3.8, 4) is 0 Å². The molecule has 3 nitrogen and oxygen atoms in total. The smallest absolute Gasteiger partial charge is 0.221 e. The first-order valence-electron chi connectivity index (χ1n) is 4.51. The molecule has 0 aliphatic heterocycles. The lowest BCUT2D eigenvalue weighted by Crippen LogP contribution is -2.35. The Morgan fingerprint density at radius 2 is 2.00 bits per heavy atom. The van der Waals surface area contributed by atoms with E-state index in [1.165, 1.54) is 0 Å². The molecule has 0 aromatic heterocycles. The lowest BCUT2D eigenvalue weighted by molar-refractivity contribution is -0.126. The Hall–Kier alpha value is -0.570. The van der Waals surface area contributed by atoms with E-state index in [9.17, 15) is 4.79 Å². The molecule has 1 N–H and O–H groups in total. The van der Waals surface area contributed by atoms with E-state index in [0.717, 1.165) is 6.42 Å². The molecule has 0 heterocycles. The van der Waals surface area contributed by atoms with Crippen molar-refractivity contribution in [2.24, 2.45) is 0 Å². The Balaban J connectivity index is 3.54. The third kappa shape index (κ3) is 6.16. The molecular formula is C9H19NO2. The topological polar surface area (TPSA) is 38.3 Å². The molecule has 0 aliphatic carbocycles. The summed E-state index contributed by atoms with van der Waals surface area (Å²) in [7, 11) is 0. The molecule has 0 rings (SSSR count). The Morgan fingerprint density at radius 1 is 1.42 bits per heavy atom. The van der Waals surface area contributed by atoms with Crippen LogP contribution in [-0.2, 0) is 9.53 Å². The van der Waals surface area contributed by atoms with Gasteiger partial charge < -0.3 is 10.1 Å². The first-order valence-corrected chi connectivity index (χ1v) is 4.51. The van der Waals surface area contributed by atoms with Crippen LogP contribution >= 0.6 is 0 Å². The summed E-state index contributed by atoms with van der Waals surface area (Å²) in [6.07, 6.45) is 1.43. The van der Waals surface area contributed by atoms with Crippen LogP contribution in [0.1, 0.15) is 40.5 Å². The fourth-order valence-electron chi connectivity index (χ4n) is 0.968. The predicted octanol–water partition coefficient (Wildman–Crippen LogP) is 1.67. The molecule has 0 bridgehead atoms. The summed E-state index contributed by atoms with van der Waals surface area (Å²) in [6.45, 7) is 7.71. The van der Waals surface area contributed by atoms with Crippen LogP contribution < -0.4 is 5.32 Å². The summed E-state index contributed by atoms with van der Waals surface area (Å²) in [5, 5.41) is 2.75. The van der Waals surface area contributed by atoms with Crippen molar-refractivity contribution in [1.29, 1.82) is 0 Å². The second kappa shape index (κ2) is 6.00. The van der Waals surface area contributed by atoms with Crippen LogP contribution in [0.15, 0.2) is 0 Å². The summed E-state index contributed by atoms with van der Waals surface area (Å²) < 4.78 is 5.34. The third-order valence-corrected chi connectivity index (χ3v) is 1.32. The molecule has 0 aliphatic rings. The zero-order chi connectivity index (χ0) is 9.56. The normalized spacial score (nSPS) is 13.1. The van der Waals surface area contributed by atoms with Gasteiger partial charge >= 0.3 is 0 Å². The Kier molecular flexibility index (Phi) is 5.72. The van der Waals surface area contributed by atoms with E-state index in [1.807, 2.05) is 27.7 Å². The Morgan fingerprint density at radius 3 is 2.42 bits per heavy atom. The van der Waals surface area contributed by atoms with E-state index < -0.39 is 0 Å². The molecule has 1 amide bonds. The molecule has 1 atom stereocenters. The summed E-state index contributed by atoms with van der Waals surface area (Å²) in [4.78, 5) is 11.0. The molecular weight excluding hydrogens is 154 g/mol. The minimum absolute atomic E-state index is 0.0608. The zero-order valence-electron chi connectivity index (χ0n) is 8.39. The fourth-order valence-corrected chi connectivity index (χ4v) is 0.968. The van der Waals surface area contributed by atoms with Crippen molar-refractivity contribution in [3.63, 3.8) is 0 Å². The first kappa shape index (κ1) is 11.4. The number of hydrogen-bond acceptors (Lipinski definition) is 2. The quantitative estimate of drug-likeness (QED) is 0.642. The molecule has 0 saturated carbocycles. The molecule has 0 aromatic rings. The van der Waals surface area contributed by atoms with Crippen molar-refractivity contribution in [2.75, 3.05) is 0 Å². The van der Waals surface area contributed by atoms with Gasteiger partial charge in [0.25, 0.3) is 0 Å². The van der Waals surface area contributed by atoms with Crippen molar-refractivity contribution in [3.05, 3.63) is 0 Å². The number of ether oxygens (including phenoxy) is 1. The molecule has 0 fully saturated rings. The molecule has 0 saturated heterocycles. The number of amides is 1. The first-order chi connectivity index (χ1) is 5.56. The van der Waals surface area contributed by atoms with Crippen molar-refractivity contribution in [1.82, 2.24) is 5.32 Å². The van der Waals surface area contributed by atoms with E-state index >= 15 is 0 Å². The molecule has 72 valence electrons.